The van der Waals surface area contributed by atoms with E-state index in [1.54, 1.807) is 20.8 Å². The summed E-state index contributed by atoms with van der Waals surface area (Å²) in [7, 11) is -3.79. The van der Waals surface area contributed by atoms with Gasteiger partial charge in [-0.25, -0.2) is 13.2 Å². The zero-order chi connectivity index (χ0) is 24.1. The second-order valence-electron chi connectivity index (χ2n) is 6.88. The van der Waals surface area contributed by atoms with Crippen LogP contribution in [-0.2, 0) is 19.6 Å². The molecule has 0 aliphatic heterocycles. The number of para-hydroxylation sites is 2. The van der Waals surface area contributed by atoms with Crippen LogP contribution >= 0.6 is 0 Å². The summed E-state index contributed by atoms with van der Waals surface area (Å²) in [4.78, 5) is 35.5. The average Bonchev–Trinajstić information content (AvgIpc) is 2.74. The van der Waals surface area contributed by atoms with E-state index in [1.807, 2.05) is 0 Å². The lowest BCUT2D eigenvalue weighted by Gasteiger charge is -2.19. The van der Waals surface area contributed by atoms with Crippen LogP contribution in [0.4, 0.5) is 11.4 Å². The van der Waals surface area contributed by atoms with Crippen LogP contribution in [0, 0.1) is 17.0 Å². The number of ether oxygens (including phenoxy) is 1. The summed E-state index contributed by atoms with van der Waals surface area (Å²) in [5.74, 6) is -1.65. The highest BCUT2D eigenvalue weighted by Gasteiger charge is 2.26. The number of hydrogen-bond acceptors (Lipinski definition) is 7. The maximum atomic E-state index is 12.8. The van der Waals surface area contributed by atoms with E-state index >= 15 is 0 Å². The van der Waals surface area contributed by atoms with Crippen LogP contribution in [0.2, 0.25) is 0 Å². The van der Waals surface area contributed by atoms with Crippen LogP contribution in [0.3, 0.4) is 0 Å². The molecule has 0 bridgehead atoms. The minimum atomic E-state index is -3.79. The number of nitrogens with zero attached hydrogens (tertiary/aromatic N) is 2. The van der Waals surface area contributed by atoms with Crippen LogP contribution in [-0.4, -0.2) is 48.7 Å². The smallest absolute Gasteiger partial charge is 0.339 e. The van der Waals surface area contributed by atoms with Gasteiger partial charge in [0.05, 0.1) is 15.4 Å². The van der Waals surface area contributed by atoms with Crippen molar-refractivity contribution < 1.29 is 27.7 Å². The first kappa shape index (κ1) is 25.0. The molecule has 1 unspecified atom stereocenters. The van der Waals surface area contributed by atoms with Crippen LogP contribution in [0.15, 0.2) is 47.4 Å². The number of hydrogen-bond donors (Lipinski definition) is 1. The van der Waals surface area contributed by atoms with Crippen molar-refractivity contribution >= 4 is 33.3 Å². The van der Waals surface area contributed by atoms with Crippen molar-refractivity contribution in [2.75, 3.05) is 18.4 Å². The molecule has 11 heteroatoms. The molecular weight excluding hydrogens is 438 g/mol. The van der Waals surface area contributed by atoms with Gasteiger partial charge in [0.25, 0.3) is 11.6 Å². The van der Waals surface area contributed by atoms with Crippen molar-refractivity contribution in [1.82, 2.24) is 4.31 Å². The molecule has 0 aromatic heterocycles. The van der Waals surface area contributed by atoms with E-state index in [4.69, 9.17) is 4.74 Å². The molecule has 0 radical (unpaired) electrons. The third-order valence-corrected chi connectivity index (χ3v) is 6.83. The Hall–Kier alpha value is -3.31. The third-order valence-electron chi connectivity index (χ3n) is 4.78. The minimum absolute atomic E-state index is 0.00331. The molecular formula is C21H25N3O7S. The minimum Gasteiger partial charge on any atom is -0.449 e. The molecule has 0 spiro atoms. The number of sulfonamides is 1. The first-order valence-electron chi connectivity index (χ1n) is 9.88. The number of amides is 1. The summed E-state index contributed by atoms with van der Waals surface area (Å²) < 4.78 is 32.0. The lowest BCUT2D eigenvalue weighted by molar-refractivity contribution is -0.383. The van der Waals surface area contributed by atoms with Crippen LogP contribution in [0.5, 0.6) is 0 Å². The predicted molar refractivity (Wildman–Crippen MR) is 118 cm³/mol. The molecule has 0 aliphatic carbocycles. The van der Waals surface area contributed by atoms with Gasteiger partial charge in [-0.05, 0) is 37.6 Å². The number of rotatable bonds is 9. The second kappa shape index (κ2) is 10.3. The van der Waals surface area contributed by atoms with Gasteiger partial charge in [-0.3, -0.25) is 14.9 Å². The molecule has 1 amide bonds. The Morgan fingerprint density at radius 2 is 1.78 bits per heavy atom. The van der Waals surface area contributed by atoms with Gasteiger partial charge in [0, 0.05) is 19.2 Å². The molecule has 0 aliphatic rings. The highest BCUT2D eigenvalue weighted by atomic mass is 32.2. The fraction of sp³-hybridized carbons (Fsp3) is 0.333. The summed E-state index contributed by atoms with van der Waals surface area (Å²) in [6, 6.07) is 9.69. The second-order valence-corrected chi connectivity index (χ2v) is 8.82. The molecule has 1 N–H and O–H groups in total. The summed E-state index contributed by atoms with van der Waals surface area (Å²) in [5.41, 5.74) is 0.141. The molecule has 2 aromatic carbocycles. The molecule has 172 valence electrons. The maximum Gasteiger partial charge on any atom is 0.339 e. The van der Waals surface area contributed by atoms with E-state index in [0.29, 0.717) is 5.56 Å². The standard InChI is InChI=1S/C21H25N3O7S/c1-5-23(6-2)32(29,30)16-12-11-14(3)17(13-16)21(26)31-15(4)20(25)22-18-9-7-8-10-19(18)24(27)28/h7-13,15H,5-6H2,1-4H3,(H,22,25). The molecule has 0 saturated heterocycles. The highest BCUT2D eigenvalue weighted by molar-refractivity contribution is 7.89. The molecule has 0 heterocycles. The Kier molecular flexibility index (Phi) is 8.06. The molecule has 1 atom stereocenters. The van der Waals surface area contributed by atoms with Gasteiger partial charge >= 0.3 is 5.97 Å². The molecule has 0 saturated carbocycles. The molecule has 32 heavy (non-hydrogen) atoms. The van der Waals surface area contributed by atoms with Gasteiger partial charge in [0.2, 0.25) is 10.0 Å². The number of nitrogens with one attached hydrogen (secondary N) is 1. The molecule has 2 rings (SSSR count). The summed E-state index contributed by atoms with van der Waals surface area (Å²) in [6.45, 7) is 6.89. The Labute approximate surface area is 186 Å². The Bertz CT molecular complexity index is 1130. The lowest BCUT2D eigenvalue weighted by atomic mass is 10.1. The van der Waals surface area contributed by atoms with Crippen molar-refractivity contribution in [3.05, 3.63) is 63.7 Å². The van der Waals surface area contributed by atoms with Crippen molar-refractivity contribution in [3.63, 3.8) is 0 Å². The fourth-order valence-corrected chi connectivity index (χ4v) is 4.43. The van der Waals surface area contributed by atoms with E-state index < -0.39 is 32.9 Å². The first-order chi connectivity index (χ1) is 15.0. The Morgan fingerprint density at radius 3 is 2.38 bits per heavy atom. The van der Waals surface area contributed by atoms with E-state index in [0.717, 1.165) is 0 Å². The van der Waals surface area contributed by atoms with E-state index in [-0.39, 0.29) is 34.9 Å². The van der Waals surface area contributed by atoms with Crippen molar-refractivity contribution in [2.24, 2.45) is 0 Å². The van der Waals surface area contributed by atoms with Crippen molar-refractivity contribution in [2.45, 2.75) is 38.7 Å². The van der Waals surface area contributed by atoms with Crippen molar-refractivity contribution in [1.29, 1.82) is 0 Å². The largest absolute Gasteiger partial charge is 0.449 e. The lowest BCUT2D eigenvalue weighted by Crippen LogP contribution is -2.31. The highest BCUT2D eigenvalue weighted by Crippen LogP contribution is 2.24. The van der Waals surface area contributed by atoms with E-state index in [9.17, 15) is 28.1 Å². The SMILES string of the molecule is CCN(CC)S(=O)(=O)c1ccc(C)c(C(=O)OC(C)C(=O)Nc2ccccc2[N+](=O)[O-])c1. The Morgan fingerprint density at radius 1 is 1.16 bits per heavy atom. The average molecular weight is 464 g/mol. The predicted octanol–water partition coefficient (Wildman–Crippen LogP) is 3.12. The normalized spacial score (nSPS) is 12.3. The van der Waals surface area contributed by atoms with Gasteiger partial charge < -0.3 is 10.1 Å². The van der Waals surface area contributed by atoms with Gasteiger partial charge in [0.15, 0.2) is 6.10 Å². The number of benzene rings is 2. The number of anilines is 1. The van der Waals surface area contributed by atoms with Gasteiger partial charge in [-0.15, -0.1) is 0 Å². The number of carbonyl (C=O) groups excluding carboxylic acids is 2. The summed E-state index contributed by atoms with van der Waals surface area (Å²) in [6.07, 6.45) is -1.29. The Balaban J connectivity index is 2.22. The molecule has 2 aromatic rings. The monoisotopic (exact) mass is 463 g/mol. The quantitative estimate of drug-likeness (QED) is 0.343. The molecule has 0 fully saturated rings. The summed E-state index contributed by atoms with van der Waals surface area (Å²) in [5, 5.41) is 13.5. The van der Waals surface area contributed by atoms with Crippen LogP contribution in [0.25, 0.3) is 0 Å². The van der Waals surface area contributed by atoms with Crippen LogP contribution in [0.1, 0.15) is 36.7 Å². The fourth-order valence-electron chi connectivity index (χ4n) is 2.94. The first-order valence-corrected chi connectivity index (χ1v) is 11.3. The van der Waals surface area contributed by atoms with E-state index in [2.05, 4.69) is 5.32 Å². The van der Waals surface area contributed by atoms with Crippen LogP contribution < -0.4 is 5.32 Å². The van der Waals surface area contributed by atoms with Gasteiger partial charge in [0.1, 0.15) is 5.69 Å². The maximum absolute atomic E-state index is 12.8. The number of esters is 1. The van der Waals surface area contributed by atoms with E-state index in [1.165, 1.54) is 53.7 Å². The topological polar surface area (TPSA) is 136 Å². The van der Waals surface area contributed by atoms with Crippen molar-refractivity contribution in [3.8, 4) is 0 Å². The zero-order valence-electron chi connectivity index (χ0n) is 18.2. The van der Waals surface area contributed by atoms with Gasteiger partial charge in [-0.2, -0.15) is 4.31 Å². The number of nitro benzene ring substituents is 1. The third kappa shape index (κ3) is 5.48. The van der Waals surface area contributed by atoms with Gasteiger partial charge in [-0.1, -0.05) is 32.0 Å². The number of carbonyl (C=O) groups is 2. The molecule has 10 nitrogen and oxygen atoms in total. The zero-order valence-corrected chi connectivity index (χ0v) is 19.0. The number of nitro groups is 1. The number of aryl methyl sites for hydroxylation is 1. The summed E-state index contributed by atoms with van der Waals surface area (Å²) >= 11 is 0.